The fourth-order valence-electron chi connectivity index (χ4n) is 5.43. The first kappa shape index (κ1) is 43.1. The first-order valence-corrected chi connectivity index (χ1v) is 19.5. The summed E-state index contributed by atoms with van der Waals surface area (Å²) in [6, 6.07) is 8.89. The Morgan fingerprint density at radius 2 is 1.44 bits per heavy atom. The van der Waals surface area contributed by atoms with Gasteiger partial charge in [0.1, 0.15) is 17.6 Å². The minimum Gasteiger partial charge on any atom is -0.465 e. The fourth-order valence-corrected chi connectivity index (χ4v) is 6.84. The zero-order valence-electron chi connectivity index (χ0n) is 32.3. The number of nitrogens with one attached hydrogen (secondary N) is 1. The number of nitrogens with zero attached hydrogens (tertiary/aromatic N) is 5. The zero-order chi connectivity index (χ0) is 40.6. The van der Waals surface area contributed by atoms with E-state index in [9.17, 15) is 33.6 Å². The molecule has 1 aromatic carbocycles. The van der Waals surface area contributed by atoms with Crippen LogP contribution < -0.4 is 10.2 Å². The number of hydrogen-bond donors (Lipinski definition) is 2. The Bertz CT molecular complexity index is 1700. The molecule has 4 rings (SSSR count). The van der Waals surface area contributed by atoms with Crippen LogP contribution in [0.3, 0.4) is 0 Å². The van der Waals surface area contributed by atoms with Gasteiger partial charge in [0.05, 0.1) is 23.1 Å². The van der Waals surface area contributed by atoms with Crippen molar-refractivity contribution in [2.24, 2.45) is 10.8 Å². The summed E-state index contributed by atoms with van der Waals surface area (Å²) in [6.45, 7) is 8.98. The highest BCUT2D eigenvalue weighted by atomic mass is 31.2. The third kappa shape index (κ3) is 12.2. The molecule has 19 heteroatoms. The number of esters is 2. The van der Waals surface area contributed by atoms with Crippen LogP contribution in [0.5, 0.6) is 0 Å². The third-order valence-corrected chi connectivity index (χ3v) is 10.6. The summed E-state index contributed by atoms with van der Waals surface area (Å²) in [4.78, 5) is 78.5. The lowest BCUT2D eigenvalue weighted by atomic mass is 9.98. The van der Waals surface area contributed by atoms with Crippen molar-refractivity contribution in [1.29, 1.82) is 0 Å². The number of amides is 3. The molecule has 0 radical (unpaired) electrons. The summed E-state index contributed by atoms with van der Waals surface area (Å²) >= 11 is 0. The first-order valence-electron chi connectivity index (χ1n) is 17.8. The van der Waals surface area contributed by atoms with Crippen LogP contribution in [0.15, 0.2) is 36.4 Å². The van der Waals surface area contributed by atoms with Gasteiger partial charge in [-0.1, -0.05) is 30.3 Å². The van der Waals surface area contributed by atoms with Crippen LogP contribution >= 0.6 is 7.60 Å². The second kappa shape index (κ2) is 18.3. The van der Waals surface area contributed by atoms with Gasteiger partial charge in [-0.3, -0.25) is 32.8 Å². The van der Waals surface area contributed by atoms with Crippen LogP contribution in [0.4, 0.5) is 10.6 Å². The van der Waals surface area contributed by atoms with Crippen molar-refractivity contribution >= 4 is 43.3 Å². The van der Waals surface area contributed by atoms with Gasteiger partial charge in [-0.15, -0.1) is 0 Å². The zero-order valence-corrected chi connectivity index (χ0v) is 33.2. The molecule has 2 N–H and O–H groups in total. The molecule has 0 saturated carbocycles. The van der Waals surface area contributed by atoms with E-state index in [0.29, 0.717) is 24.5 Å². The number of carbonyl (C=O) groups is 5. The Hall–Kier alpha value is -4.64. The maximum atomic E-state index is 14.4. The van der Waals surface area contributed by atoms with E-state index in [0.717, 1.165) is 11.3 Å². The quantitative estimate of drug-likeness (QED) is 0.159. The number of methoxy groups -OCH3 is 1. The number of carboxylic acid groups (broad SMARTS) is 1. The van der Waals surface area contributed by atoms with Crippen LogP contribution in [-0.4, -0.2) is 133 Å². The molecule has 55 heavy (non-hydrogen) atoms. The van der Waals surface area contributed by atoms with Crippen molar-refractivity contribution in [3.8, 4) is 11.4 Å². The van der Waals surface area contributed by atoms with E-state index in [2.05, 4.69) is 10.3 Å². The summed E-state index contributed by atoms with van der Waals surface area (Å²) in [5.41, 5.74) is -1.34. The Balaban J connectivity index is 1.68. The van der Waals surface area contributed by atoms with Gasteiger partial charge >= 0.3 is 25.6 Å². The molecule has 0 unspecified atom stereocenters. The van der Waals surface area contributed by atoms with Gasteiger partial charge in [0, 0.05) is 58.0 Å². The lowest BCUT2D eigenvalue weighted by Gasteiger charge is -2.35. The predicted octanol–water partition coefficient (Wildman–Crippen LogP) is 3.61. The molecule has 0 aliphatic carbocycles. The Morgan fingerprint density at radius 1 is 0.873 bits per heavy atom. The summed E-state index contributed by atoms with van der Waals surface area (Å²) in [7, 11) is -2.92. The van der Waals surface area contributed by atoms with Gasteiger partial charge < -0.3 is 39.3 Å². The van der Waals surface area contributed by atoms with E-state index in [1.807, 2.05) is 11.0 Å². The molecule has 1 aromatic heterocycles. The van der Waals surface area contributed by atoms with Crippen LogP contribution in [0.2, 0.25) is 0 Å². The number of ether oxygens (including phenoxy) is 3. The van der Waals surface area contributed by atoms with Crippen LogP contribution in [-0.2, 0) is 42.2 Å². The molecule has 18 nitrogen and oxygen atoms in total. The molecule has 0 spiro atoms. The predicted molar refractivity (Wildman–Crippen MR) is 198 cm³/mol. The van der Waals surface area contributed by atoms with Crippen molar-refractivity contribution < 1.29 is 56.9 Å². The average Bonchev–Trinajstić information content (AvgIpc) is 3.63. The standard InChI is InChI=1S/C36H51N6O12P/c1-35(2,3)32(45)51-22-53-55(49,54-23-52-33(46)36(4,5)6)21-27(31(44)40-15-17-41(18-16-40)34(47)48)38-30(43)26-19-28(42-14-13-25(20-42)50-7)39-29(37-26)24-11-9-8-10-12-24/h8-12,19,25,27H,13-18,20-23H2,1-7H3,(H,38,43)(H,47,48)/t25-,27-/m0/s1. The average molecular weight is 791 g/mol. The third-order valence-electron chi connectivity index (χ3n) is 8.75. The second-order valence-electron chi connectivity index (χ2n) is 15.2. The van der Waals surface area contributed by atoms with Crippen LogP contribution in [0, 0.1) is 10.8 Å². The lowest BCUT2D eigenvalue weighted by Crippen LogP contribution is -2.56. The SMILES string of the molecule is CO[C@H]1CCN(c2cc(C(=O)N[C@@H](CP(=O)(OCOC(=O)C(C)(C)C)OCOC(=O)C(C)(C)C)C(=O)N3CCN(C(=O)O)CC3)nc(-c3ccccc3)n2)C1. The molecule has 2 atom stereocenters. The summed E-state index contributed by atoms with van der Waals surface area (Å²) in [5.74, 6) is -2.21. The largest absolute Gasteiger partial charge is 0.465 e. The van der Waals surface area contributed by atoms with Crippen molar-refractivity contribution in [2.45, 2.75) is 60.1 Å². The topological polar surface area (TPSA) is 216 Å². The normalized spacial score (nSPS) is 17.1. The smallest absolute Gasteiger partial charge is 0.407 e. The van der Waals surface area contributed by atoms with Gasteiger partial charge in [0.15, 0.2) is 5.82 Å². The van der Waals surface area contributed by atoms with Crippen molar-refractivity contribution in [1.82, 2.24) is 25.1 Å². The van der Waals surface area contributed by atoms with Gasteiger partial charge in [-0.05, 0) is 48.0 Å². The van der Waals surface area contributed by atoms with Gasteiger partial charge in [-0.25, -0.2) is 14.8 Å². The first-order chi connectivity index (χ1) is 25.8. The van der Waals surface area contributed by atoms with E-state index in [4.69, 9.17) is 28.2 Å². The van der Waals surface area contributed by atoms with E-state index in [1.54, 1.807) is 72.9 Å². The van der Waals surface area contributed by atoms with E-state index < -0.39 is 74.1 Å². The summed E-state index contributed by atoms with van der Waals surface area (Å²) in [6.07, 6.45) is -1.25. The van der Waals surface area contributed by atoms with Gasteiger partial charge in [-0.2, -0.15) is 0 Å². The van der Waals surface area contributed by atoms with Crippen LogP contribution in [0.1, 0.15) is 58.5 Å². The fraction of sp³-hybridized carbons (Fsp3) is 0.583. The summed E-state index contributed by atoms with van der Waals surface area (Å²) < 4.78 is 41.2. The van der Waals surface area contributed by atoms with Crippen molar-refractivity contribution in [3.63, 3.8) is 0 Å². The Labute approximate surface area is 320 Å². The molecule has 302 valence electrons. The number of piperazine rings is 1. The maximum Gasteiger partial charge on any atom is 0.407 e. The minimum absolute atomic E-state index is 0.00802. The molecule has 0 bridgehead atoms. The number of anilines is 1. The molecule has 2 saturated heterocycles. The highest BCUT2D eigenvalue weighted by Gasteiger charge is 2.39. The lowest BCUT2D eigenvalue weighted by molar-refractivity contribution is -0.162. The van der Waals surface area contributed by atoms with E-state index >= 15 is 0 Å². The van der Waals surface area contributed by atoms with Crippen molar-refractivity contribution in [3.05, 3.63) is 42.1 Å². The minimum atomic E-state index is -4.54. The monoisotopic (exact) mass is 790 g/mol. The molecule has 3 amide bonds. The van der Waals surface area contributed by atoms with Crippen molar-refractivity contribution in [2.75, 3.05) is 71.0 Å². The number of carbonyl (C=O) groups excluding carboxylic acids is 4. The molecule has 3 heterocycles. The molecule has 2 fully saturated rings. The number of benzene rings is 1. The van der Waals surface area contributed by atoms with Crippen LogP contribution in [0.25, 0.3) is 11.4 Å². The molecule has 2 aliphatic heterocycles. The van der Waals surface area contributed by atoms with Gasteiger partial charge in [0.2, 0.25) is 19.5 Å². The second-order valence-corrected chi connectivity index (χ2v) is 17.3. The van der Waals surface area contributed by atoms with Gasteiger partial charge in [0.25, 0.3) is 5.91 Å². The number of hydrogen-bond acceptors (Lipinski definition) is 14. The molecule has 2 aromatic rings. The number of aromatic nitrogens is 2. The number of rotatable bonds is 14. The molecular weight excluding hydrogens is 739 g/mol. The Kier molecular flexibility index (Phi) is 14.4. The van der Waals surface area contributed by atoms with E-state index in [-0.39, 0.29) is 43.8 Å². The highest BCUT2D eigenvalue weighted by molar-refractivity contribution is 7.54. The maximum absolute atomic E-state index is 14.4. The highest BCUT2D eigenvalue weighted by Crippen LogP contribution is 2.49. The van der Waals surface area contributed by atoms with E-state index in [1.165, 1.54) is 11.0 Å². The Morgan fingerprint density at radius 3 is 1.95 bits per heavy atom. The summed E-state index contributed by atoms with van der Waals surface area (Å²) in [5, 5.41) is 12.1. The molecular formula is C36H51N6O12P. The molecule has 2 aliphatic rings.